The van der Waals surface area contributed by atoms with Gasteiger partial charge in [0.25, 0.3) is 0 Å². The number of aromatic nitrogens is 1. The van der Waals surface area contributed by atoms with Crippen LogP contribution in [-0.2, 0) is 11.2 Å². The maximum absolute atomic E-state index is 13.0. The van der Waals surface area contributed by atoms with E-state index in [2.05, 4.69) is 4.98 Å². The van der Waals surface area contributed by atoms with Crippen molar-refractivity contribution in [2.24, 2.45) is 0 Å². The molecular formula is C14H13ClFNO3. The maximum Gasteiger partial charge on any atom is 0.376 e. The molecule has 0 saturated heterocycles. The highest BCUT2D eigenvalue weighted by Crippen LogP contribution is 2.29. The van der Waals surface area contributed by atoms with Crippen molar-refractivity contribution in [3.8, 4) is 11.5 Å². The van der Waals surface area contributed by atoms with Crippen LogP contribution in [0.5, 0.6) is 0 Å². The summed E-state index contributed by atoms with van der Waals surface area (Å²) in [6.07, 6.45) is 0.510. The van der Waals surface area contributed by atoms with Crippen LogP contribution in [0, 0.1) is 5.82 Å². The number of benzene rings is 1. The van der Waals surface area contributed by atoms with E-state index >= 15 is 0 Å². The summed E-state index contributed by atoms with van der Waals surface area (Å²) < 4.78 is 23.4. The van der Waals surface area contributed by atoms with Crippen molar-refractivity contribution < 1.29 is 18.3 Å². The standard InChI is InChI=1S/C14H13ClFNO3/c1-3-11-12(14(18)19-4-2)20-13(17-11)9-6-5-8(16)7-10(9)15/h5-7H,3-4H2,1-2H3. The van der Waals surface area contributed by atoms with Crippen LogP contribution in [0.4, 0.5) is 4.39 Å². The minimum Gasteiger partial charge on any atom is -0.460 e. The minimum atomic E-state index is -0.568. The molecule has 0 bridgehead atoms. The number of hydrogen-bond acceptors (Lipinski definition) is 4. The Morgan fingerprint density at radius 1 is 1.45 bits per heavy atom. The molecule has 106 valence electrons. The lowest BCUT2D eigenvalue weighted by atomic mass is 10.2. The second kappa shape index (κ2) is 6.05. The summed E-state index contributed by atoms with van der Waals surface area (Å²) in [7, 11) is 0. The van der Waals surface area contributed by atoms with E-state index in [1.807, 2.05) is 6.92 Å². The Morgan fingerprint density at radius 3 is 2.80 bits per heavy atom. The van der Waals surface area contributed by atoms with Gasteiger partial charge in [-0.3, -0.25) is 0 Å². The Hall–Kier alpha value is -1.88. The first kappa shape index (κ1) is 14.5. The van der Waals surface area contributed by atoms with Crippen LogP contribution >= 0.6 is 11.6 Å². The molecule has 0 amide bonds. The van der Waals surface area contributed by atoms with Gasteiger partial charge in [0.05, 0.1) is 22.9 Å². The van der Waals surface area contributed by atoms with Gasteiger partial charge >= 0.3 is 5.97 Å². The van der Waals surface area contributed by atoms with Gasteiger partial charge in [0.15, 0.2) is 0 Å². The van der Waals surface area contributed by atoms with Crippen LogP contribution in [0.15, 0.2) is 22.6 Å². The monoisotopic (exact) mass is 297 g/mol. The largest absolute Gasteiger partial charge is 0.460 e. The van der Waals surface area contributed by atoms with Crippen molar-refractivity contribution in [3.05, 3.63) is 40.5 Å². The zero-order valence-electron chi connectivity index (χ0n) is 11.1. The number of halogens is 2. The molecule has 1 aromatic heterocycles. The lowest BCUT2D eigenvalue weighted by Gasteiger charge is -1.99. The molecule has 6 heteroatoms. The number of carbonyl (C=O) groups is 1. The Labute approximate surface area is 120 Å². The average molecular weight is 298 g/mol. The highest BCUT2D eigenvalue weighted by molar-refractivity contribution is 6.33. The second-order valence-corrected chi connectivity index (χ2v) is 4.40. The fraction of sp³-hybridized carbons (Fsp3) is 0.286. The molecule has 0 radical (unpaired) electrons. The summed E-state index contributed by atoms with van der Waals surface area (Å²) in [6, 6.07) is 3.87. The van der Waals surface area contributed by atoms with Gasteiger partial charge in [-0.1, -0.05) is 18.5 Å². The van der Waals surface area contributed by atoms with Crippen LogP contribution in [0.3, 0.4) is 0 Å². The average Bonchev–Trinajstić information content (AvgIpc) is 2.83. The fourth-order valence-corrected chi connectivity index (χ4v) is 1.97. The molecule has 2 rings (SSSR count). The number of hydrogen-bond donors (Lipinski definition) is 0. The number of rotatable bonds is 4. The van der Waals surface area contributed by atoms with E-state index in [0.717, 1.165) is 6.07 Å². The van der Waals surface area contributed by atoms with Gasteiger partial charge in [-0.2, -0.15) is 0 Å². The lowest BCUT2D eigenvalue weighted by molar-refractivity contribution is 0.0489. The Balaban J connectivity index is 2.45. The molecule has 4 nitrogen and oxygen atoms in total. The smallest absolute Gasteiger partial charge is 0.376 e. The third-order valence-electron chi connectivity index (χ3n) is 2.65. The highest BCUT2D eigenvalue weighted by Gasteiger charge is 2.22. The van der Waals surface area contributed by atoms with E-state index in [1.165, 1.54) is 12.1 Å². The number of carbonyl (C=O) groups excluding carboxylic acids is 1. The van der Waals surface area contributed by atoms with Crippen LogP contribution in [0.2, 0.25) is 5.02 Å². The van der Waals surface area contributed by atoms with Crippen molar-refractivity contribution in [1.82, 2.24) is 4.98 Å². The molecule has 1 heterocycles. The van der Waals surface area contributed by atoms with Crippen LogP contribution in [-0.4, -0.2) is 17.6 Å². The molecule has 0 fully saturated rings. The highest BCUT2D eigenvalue weighted by atomic mass is 35.5. The summed E-state index contributed by atoms with van der Waals surface area (Å²) in [6.45, 7) is 3.80. The summed E-state index contributed by atoms with van der Waals surface area (Å²) in [5.74, 6) is -0.785. The third-order valence-corrected chi connectivity index (χ3v) is 2.97. The van der Waals surface area contributed by atoms with Crippen molar-refractivity contribution in [3.63, 3.8) is 0 Å². The van der Waals surface area contributed by atoms with Crippen LogP contribution in [0.1, 0.15) is 30.1 Å². The van der Waals surface area contributed by atoms with E-state index in [9.17, 15) is 9.18 Å². The van der Waals surface area contributed by atoms with E-state index in [-0.39, 0.29) is 23.3 Å². The topological polar surface area (TPSA) is 52.3 Å². The van der Waals surface area contributed by atoms with Gasteiger partial charge in [0, 0.05) is 0 Å². The molecule has 0 saturated carbocycles. The van der Waals surface area contributed by atoms with Gasteiger partial charge in [-0.15, -0.1) is 0 Å². The minimum absolute atomic E-state index is 0.0599. The van der Waals surface area contributed by atoms with Gasteiger partial charge in [0.1, 0.15) is 5.82 Å². The number of esters is 1. The van der Waals surface area contributed by atoms with E-state index in [4.69, 9.17) is 20.8 Å². The molecule has 0 atom stereocenters. The lowest BCUT2D eigenvalue weighted by Crippen LogP contribution is -2.05. The fourth-order valence-electron chi connectivity index (χ4n) is 1.73. The molecule has 0 spiro atoms. The van der Waals surface area contributed by atoms with Gasteiger partial charge in [-0.25, -0.2) is 14.2 Å². The first-order valence-corrected chi connectivity index (χ1v) is 6.56. The molecule has 2 aromatic rings. The van der Waals surface area contributed by atoms with Crippen molar-refractivity contribution in [2.45, 2.75) is 20.3 Å². The first-order valence-electron chi connectivity index (χ1n) is 6.19. The third kappa shape index (κ3) is 2.82. The molecule has 0 aliphatic heterocycles. The molecule has 0 unspecified atom stereocenters. The summed E-state index contributed by atoms with van der Waals surface area (Å²) in [5.41, 5.74) is 0.914. The number of oxazole rings is 1. The van der Waals surface area contributed by atoms with E-state index in [1.54, 1.807) is 6.92 Å². The summed E-state index contributed by atoms with van der Waals surface area (Å²) in [4.78, 5) is 16.0. The Morgan fingerprint density at radius 2 is 2.20 bits per heavy atom. The normalized spacial score (nSPS) is 10.6. The molecule has 0 aliphatic carbocycles. The quantitative estimate of drug-likeness (QED) is 0.804. The first-order chi connectivity index (χ1) is 9.56. The van der Waals surface area contributed by atoms with Gasteiger partial charge < -0.3 is 9.15 Å². The summed E-state index contributed by atoms with van der Waals surface area (Å²) in [5, 5.41) is 0.171. The van der Waals surface area contributed by atoms with Crippen LogP contribution < -0.4 is 0 Å². The van der Waals surface area contributed by atoms with Gasteiger partial charge in [-0.05, 0) is 31.5 Å². The number of nitrogens with zero attached hydrogens (tertiary/aromatic N) is 1. The van der Waals surface area contributed by atoms with Crippen LogP contribution in [0.25, 0.3) is 11.5 Å². The molecule has 0 N–H and O–H groups in total. The Kier molecular flexibility index (Phi) is 4.39. The van der Waals surface area contributed by atoms with E-state index < -0.39 is 11.8 Å². The SMILES string of the molecule is CCOC(=O)c1oc(-c2ccc(F)cc2Cl)nc1CC. The molecule has 1 aromatic carbocycles. The maximum atomic E-state index is 13.0. The van der Waals surface area contributed by atoms with Crippen molar-refractivity contribution >= 4 is 17.6 Å². The van der Waals surface area contributed by atoms with Crippen molar-refractivity contribution in [2.75, 3.05) is 6.61 Å². The summed E-state index contributed by atoms with van der Waals surface area (Å²) >= 11 is 5.95. The zero-order chi connectivity index (χ0) is 14.7. The molecule has 20 heavy (non-hydrogen) atoms. The predicted molar refractivity (Wildman–Crippen MR) is 72.2 cm³/mol. The van der Waals surface area contributed by atoms with Gasteiger partial charge in [0.2, 0.25) is 11.7 Å². The molecular weight excluding hydrogens is 285 g/mol. The Bertz CT molecular complexity index is 639. The number of ether oxygens (including phenoxy) is 1. The zero-order valence-corrected chi connectivity index (χ0v) is 11.8. The van der Waals surface area contributed by atoms with Crippen molar-refractivity contribution in [1.29, 1.82) is 0 Å². The second-order valence-electron chi connectivity index (χ2n) is 3.99. The van der Waals surface area contributed by atoms with E-state index in [0.29, 0.717) is 17.7 Å². The molecule has 0 aliphatic rings. The number of aryl methyl sites for hydroxylation is 1. The predicted octanol–water partition coefficient (Wildman–Crippen LogP) is 3.87.